The zero-order valence-corrected chi connectivity index (χ0v) is 16.2. The van der Waals surface area contributed by atoms with Gasteiger partial charge < -0.3 is 4.57 Å². The third kappa shape index (κ3) is 2.95. The fraction of sp³-hybridized carbons (Fsp3) is 0.250. The van der Waals surface area contributed by atoms with Gasteiger partial charge in [0, 0.05) is 25.4 Å². The van der Waals surface area contributed by atoms with Crippen LogP contribution in [0.3, 0.4) is 0 Å². The van der Waals surface area contributed by atoms with E-state index in [1.54, 1.807) is 17.3 Å². The third-order valence-electron chi connectivity index (χ3n) is 4.87. The lowest BCUT2D eigenvalue weighted by Crippen LogP contribution is -2.32. The molecule has 28 heavy (non-hydrogen) atoms. The maximum atomic E-state index is 13.5. The molecule has 3 aromatic heterocycles. The van der Waals surface area contributed by atoms with Gasteiger partial charge >= 0.3 is 0 Å². The minimum atomic E-state index is -0.180. The molecule has 0 aliphatic carbocycles. The first-order valence-corrected chi connectivity index (χ1v) is 10.0. The van der Waals surface area contributed by atoms with E-state index in [1.807, 2.05) is 28.8 Å². The Kier molecular flexibility index (Phi) is 4.12. The molecule has 1 aromatic carbocycles. The summed E-state index contributed by atoms with van der Waals surface area (Å²) in [5.74, 6) is 1.08. The number of hydrogen-bond donors (Lipinski definition) is 0. The number of carbonyl (C=O) groups excluding carboxylic acids is 1. The Hall–Kier alpha value is -3.13. The van der Waals surface area contributed by atoms with Crippen LogP contribution in [0.15, 0.2) is 42.7 Å². The van der Waals surface area contributed by atoms with Gasteiger partial charge in [-0.1, -0.05) is 23.5 Å². The molecule has 4 aromatic rings. The van der Waals surface area contributed by atoms with E-state index in [4.69, 9.17) is 4.98 Å². The van der Waals surface area contributed by atoms with Gasteiger partial charge in [-0.25, -0.2) is 4.98 Å². The Balaban J connectivity index is 1.58. The minimum absolute atomic E-state index is 0.180. The van der Waals surface area contributed by atoms with Gasteiger partial charge in [0.25, 0.3) is 5.91 Å². The number of aryl methyl sites for hydroxylation is 2. The van der Waals surface area contributed by atoms with Gasteiger partial charge in [0.05, 0.1) is 16.8 Å². The molecule has 0 atom stereocenters. The van der Waals surface area contributed by atoms with Crippen molar-refractivity contribution in [3.63, 3.8) is 0 Å². The highest BCUT2D eigenvalue weighted by Crippen LogP contribution is 2.31. The number of pyridine rings is 1. The molecular weight excluding hydrogens is 372 g/mol. The monoisotopic (exact) mass is 390 g/mol. The number of rotatable bonds is 4. The lowest BCUT2D eigenvalue weighted by molar-refractivity contribution is 0.0970. The molecule has 0 radical (unpaired) electrons. The van der Waals surface area contributed by atoms with Crippen LogP contribution in [-0.4, -0.2) is 30.6 Å². The number of amides is 1. The SMILES string of the molecule is Cc1ccc2nc(N(Cc3cccnc3)C(=O)c3nnc4n3CCC4)sc2c1. The normalized spacial score (nSPS) is 13.0. The molecule has 0 saturated heterocycles. The van der Waals surface area contributed by atoms with E-state index in [0.29, 0.717) is 17.5 Å². The Morgan fingerprint density at radius 2 is 2.21 bits per heavy atom. The Morgan fingerprint density at radius 1 is 1.29 bits per heavy atom. The second-order valence-corrected chi connectivity index (χ2v) is 7.92. The van der Waals surface area contributed by atoms with Crippen molar-refractivity contribution < 1.29 is 4.79 Å². The minimum Gasteiger partial charge on any atom is -0.307 e. The molecule has 7 nitrogen and oxygen atoms in total. The first-order chi connectivity index (χ1) is 13.7. The largest absolute Gasteiger partial charge is 0.307 e. The molecule has 0 N–H and O–H groups in total. The van der Waals surface area contributed by atoms with Crippen LogP contribution < -0.4 is 4.90 Å². The smallest absolute Gasteiger partial charge is 0.298 e. The first kappa shape index (κ1) is 17.0. The van der Waals surface area contributed by atoms with Gasteiger partial charge in [-0.3, -0.25) is 14.7 Å². The summed E-state index contributed by atoms with van der Waals surface area (Å²) < 4.78 is 2.99. The van der Waals surface area contributed by atoms with Crippen molar-refractivity contribution in [1.82, 2.24) is 24.7 Å². The lowest BCUT2D eigenvalue weighted by Gasteiger charge is -2.19. The summed E-state index contributed by atoms with van der Waals surface area (Å²) in [5.41, 5.74) is 3.00. The van der Waals surface area contributed by atoms with Gasteiger partial charge in [-0.15, -0.1) is 10.2 Å². The van der Waals surface area contributed by atoms with Gasteiger partial charge in [0.15, 0.2) is 5.13 Å². The predicted octanol–water partition coefficient (Wildman–Crippen LogP) is 3.38. The summed E-state index contributed by atoms with van der Waals surface area (Å²) in [6, 6.07) is 9.95. The fourth-order valence-corrected chi connectivity index (χ4v) is 4.53. The van der Waals surface area contributed by atoms with Crippen molar-refractivity contribution in [2.45, 2.75) is 32.9 Å². The summed E-state index contributed by atoms with van der Waals surface area (Å²) in [5, 5.41) is 9.03. The molecule has 1 aliphatic heterocycles. The second-order valence-electron chi connectivity index (χ2n) is 6.92. The Labute approximate surface area is 165 Å². The number of anilines is 1. The van der Waals surface area contributed by atoms with Crippen molar-refractivity contribution in [1.29, 1.82) is 0 Å². The van der Waals surface area contributed by atoms with Crippen LogP contribution in [0, 0.1) is 6.92 Å². The zero-order valence-electron chi connectivity index (χ0n) is 15.4. The molecule has 0 spiro atoms. The molecule has 4 heterocycles. The van der Waals surface area contributed by atoms with Crippen LogP contribution in [0.25, 0.3) is 10.2 Å². The highest BCUT2D eigenvalue weighted by atomic mass is 32.1. The van der Waals surface area contributed by atoms with Crippen LogP contribution in [0.2, 0.25) is 0 Å². The van der Waals surface area contributed by atoms with Crippen molar-refractivity contribution in [2.75, 3.05) is 4.90 Å². The van der Waals surface area contributed by atoms with Gasteiger partial charge in [-0.05, 0) is 42.7 Å². The number of aromatic nitrogens is 5. The molecule has 5 rings (SSSR count). The average Bonchev–Trinajstić information content (AvgIpc) is 3.41. The van der Waals surface area contributed by atoms with Crippen molar-refractivity contribution in [2.24, 2.45) is 0 Å². The molecule has 0 bridgehead atoms. The molecular formula is C20H18N6OS. The first-order valence-electron chi connectivity index (χ1n) is 9.19. The van der Waals surface area contributed by atoms with Crippen molar-refractivity contribution in [3.05, 3.63) is 65.5 Å². The quantitative estimate of drug-likeness (QED) is 0.534. The Morgan fingerprint density at radius 3 is 3.07 bits per heavy atom. The van der Waals surface area contributed by atoms with Crippen LogP contribution in [0.4, 0.5) is 5.13 Å². The number of thiazole rings is 1. The van der Waals surface area contributed by atoms with E-state index in [0.717, 1.165) is 41.0 Å². The molecule has 0 saturated carbocycles. The number of carbonyl (C=O) groups is 1. The predicted molar refractivity (Wildman–Crippen MR) is 107 cm³/mol. The van der Waals surface area contributed by atoms with E-state index in [1.165, 1.54) is 16.9 Å². The third-order valence-corrected chi connectivity index (χ3v) is 5.91. The number of fused-ring (bicyclic) bond motifs is 2. The van der Waals surface area contributed by atoms with Gasteiger partial charge in [0.2, 0.25) is 5.82 Å². The summed E-state index contributed by atoms with van der Waals surface area (Å²) in [6.07, 6.45) is 5.35. The van der Waals surface area contributed by atoms with Crippen molar-refractivity contribution >= 4 is 32.6 Å². The van der Waals surface area contributed by atoms with E-state index in [-0.39, 0.29) is 5.91 Å². The van der Waals surface area contributed by atoms with Gasteiger partial charge in [0.1, 0.15) is 5.82 Å². The topological polar surface area (TPSA) is 76.8 Å². The van der Waals surface area contributed by atoms with Crippen LogP contribution in [0.5, 0.6) is 0 Å². The number of benzene rings is 1. The number of hydrogen-bond acceptors (Lipinski definition) is 6. The maximum absolute atomic E-state index is 13.5. The standard InChI is InChI=1S/C20H18N6OS/c1-13-6-7-15-16(10-13)28-20(22-15)26(12-14-4-2-8-21-11-14)19(27)18-24-23-17-5-3-9-25(17)18/h2,4,6-8,10-11H,3,5,9,12H2,1H3. The van der Waals surface area contributed by atoms with E-state index < -0.39 is 0 Å². The lowest BCUT2D eigenvalue weighted by atomic mass is 10.2. The van der Waals surface area contributed by atoms with Gasteiger partial charge in [-0.2, -0.15) is 0 Å². The summed E-state index contributed by atoms with van der Waals surface area (Å²) in [6.45, 7) is 3.22. The summed E-state index contributed by atoms with van der Waals surface area (Å²) in [4.78, 5) is 24.0. The second kappa shape index (κ2) is 6.79. The Bertz CT molecular complexity index is 1170. The van der Waals surface area contributed by atoms with E-state index >= 15 is 0 Å². The van der Waals surface area contributed by atoms with Crippen molar-refractivity contribution in [3.8, 4) is 0 Å². The average molecular weight is 390 g/mol. The highest BCUT2D eigenvalue weighted by molar-refractivity contribution is 7.22. The molecule has 1 aliphatic rings. The molecule has 0 unspecified atom stereocenters. The summed E-state index contributed by atoms with van der Waals surface area (Å²) >= 11 is 1.51. The van der Waals surface area contributed by atoms with Crippen LogP contribution in [0.1, 0.15) is 34.0 Å². The molecule has 8 heteroatoms. The van der Waals surface area contributed by atoms with Crippen LogP contribution >= 0.6 is 11.3 Å². The fourth-order valence-electron chi connectivity index (χ4n) is 3.47. The molecule has 0 fully saturated rings. The highest BCUT2D eigenvalue weighted by Gasteiger charge is 2.29. The van der Waals surface area contributed by atoms with E-state index in [9.17, 15) is 4.79 Å². The van der Waals surface area contributed by atoms with E-state index in [2.05, 4.69) is 28.2 Å². The zero-order chi connectivity index (χ0) is 19.1. The van der Waals surface area contributed by atoms with Crippen LogP contribution in [-0.2, 0) is 19.5 Å². The maximum Gasteiger partial charge on any atom is 0.298 e. The molecule has 140 valence electrons. The molecule has 1 amide bonds. The number of nitrogens with zero attached hydrogens (tertiary/aromatic N) is 6. The summed E-state index contributed by atoms with van der Waals surface area (Å²) in [7, 11) is 0.